The molecule has 0 bridgehead atoms. The van der Waals surface area contributed by atoms with Crippen LogP contribution in [0.2, 0.25) is 0 Å². The minimum atomic E-state index is -1.09. The maximum Gasteiger partial charge on any atom is 0.254 e. The molecule has 1 heterocycles. The predicted octanol–water partition coefficient (Wildman–Crippen LogP) is 3.68. The summed E-state index contributed by atoms with van der Waals surface area (Å²) < 4.78 is 6.15. The fourth-order valence-electron chi connectivity index (χ4n) is 4.00. The Bertz CT molecular complexity index is 866. The lowest BCUT2D eigenvalue weighted by Gasteiger charge is -2.42. The molecule has 0 radical (unpaired) electrons. The molecule has 160 valence electrons. The summed E-state index contributed by atoms with van der Waals surface area (Å²) in [4.78, 5) is 27.7. The maximum atomic E-state index is 13.2. The number of likely N-dealkylation sites (N-methyl/N-ethyl adjacent to an activating group) is 1. The first-order valence-corrected chi connectivity index (χ1v) is 10.8. The van der Waals surface area contributed by atoms with Crippen molar-refractivity contribution in [1.29, 1.82) is 0 Å². The first-order valence-electron chi connectivity index (χ1n) is 10.8. The third kappa shape index (κ3) is 5.08. The van der Waals surface area contributed by atoms with E-state index in [0.717, 1.165) is 16.7 Å². The van der Waals surface area contributed by atoms with E-state index in [1.54, 1.807) is 4.90 Å². The summed E-state index contributed by atoms with van der Waals surface area (Å²) >= 11 is 0. The van der Waals surface area contributed by atoms with Gasteiger partial charge in [-0.1, -0.05) is 68.4 Å². The van der Waals surface area contributed by atoms with Crippen molar-refractivity contribution in [1.82, 2.24) is 10.2 Å². The first kappa shape index (κ1) is 22.0. The number of carbonyl (C=O) groups excluding carboxylic acids is 2. The third-order valence-electron chi connectivity index (χ3n) is 5.45. The third-order valence-corrected chi connectivity index (χ3v) is 5.45. The van der Waals surface area contributed by atoms with E-state index in [-0.39, 0.29) is 24.3 Å². The van der Waals surface area contributed by atoms with Gasteiger partial charge in [0.25, 0.3) is 5.91 Å². The normalized spacial score (nSPS) is 19.0. The zero-order valence-electron chi connectivity index (χ0n) is 18.2. The lowest BCUT2D eigenvalue weighted by atomic mass is 9.87. The molecule has 1 saturated heterocycles. The molecule has 1 aliphatic rings. The fraction of sp³-hybridized carbons (Fsp3) is 0.440. The van der Waals surface area contributed by atoms with Gasteiger partial charge in [-0.05, 0) is 29.5 Å². The smallest absolute Gasteiger partial charge is 0.254 e. The number of rotatable bonds is 7. The summed E-state index contributed by atoms with van der Waals surface area (Å²) in [5, 5.41) is 2.93. The van der Waals surface area contributed by atoms with Crippen LogP contribution in [0.3, 0.4) is 0 Å². The van der Waals surface area contributed by atoms with Crippen LogP contribution in [-0.4, -0.2) is 48.6 Å². The van der Waals surface area contributed by atoms with Gasteiger partial charge in [-0.15, -0.1) is 0 Å². The molecular weight excluding hydrogens is 376 g/mol. The number of morpholine rings is 1. The van der Waals surface area contributed by atoms with Crippen molar-refractivity contribution in [3.05, 3.63) is 60.2 Å². The van der Waals surface area contributed by atoms with Crippen LogP contribution in [0.25, 0.3) is 11.1 Å². The van der Waals surface area contributed by atoms with E-state index in [0.29, 0.717) is 32.5 Å². The molecule has 0 unspecified atom stereocenters. The second-order valence-electron chi connectivity index (χ2n) is 8.32. The highest BCUT2D eigenvalue weighted by Gasteiger charge is 2.45. The van der Waals surface area contributed by atoms with Crippen molar-refractivity contribution >= 4 is 11.8 Å². The number of ether oxygens (including phenoxy) is 1. The van der Waals surface area contributed by atoms with Crippen molar-refractivity contribution in [2.45, 2.75) is 39.2 Å². The Morgan fingerprint density at radius 3 is 2.50 bits per heavy atom. The van der Waals surface area contributed by atoms with Crippen molar-refractivity contribution in [2.75, 3.05) is 26.2 Å². The van der Waals surface area contributed by atoms with Gasteiger partial charge in [0.1, 0.15) is 0 Å². The predicted molar refractivity (Wildman–Crippen MR) is 119 cm³/mol. The zero-order chi connectivity index (χ0) is 21.6. The van der Waals surface area contributed by atoms with Gasteiger partial charge in [-0.3, -0.25) is 9.59 Å². The van der Waals surface area contributed by atoms with Crippen LogP contribution in [0.1, 0.15) is 32.8 Å². The second-order valence-corrected chi connectivity index (χ2v) is 8.32. The van der Waals surface area contributed by atoms with E-state index in [2.05, 4.69) is 23.5 Å². The fourth-order valence-corrected chi connectivity index (χ4v) is 4.00. The molecule has 3 rings (SSSR count). The molecule has 2 aromatic rings. The van der Waals surface area contributed by atoms with Gasteiger partial charge in [0.05, 0.1) is 13.2 Å². The van der Waals surface area contributed by atoms with Crippen LogP contribution >= 0.6 is 0 Å². The molecular formula is C25H32N2O3. The summed E-state index contributed by atoms with van der Waals surface area (Å²) in [7, 11) is 0. The van der Waals surface area contributed by atoms with Crippen LogP contribution in [0, 0.1) is 5.92 Å². The molecule has 0 saturated carbocycles. The van der Waals surface area contributed by atoms with Crippen LogP contribution in [0.4, 0.5) is 0 Å². The molecule has 5 heteroatoms. The molecule has 0 aromatic heterocycles. The summed E-state index contributed by atoms with van der Waals surface area (Å²) in [6, 6.07) is 18.2. The molecule has 1 fully saturated rings. The van der Waals surface area contributed by atoms with E-state index in [1.807, 2.05) is 57.2 Å². The van der Waals surface area contributed by atoms with Gasteiger partial charge < -0.3 is 15.0 Å². The van der Waals surface area contributed by atoms with Crippen molar-refractivity contribution in [3.63, 3.8) is 0 Å². The summed E-state index contributed by atoms with van der Waals surface area (Å²) in [6.07, 6.45) is 0.890. The number of carbonyl (C=O) groups is 2. The standard InChI is InChI=1S/C25H32N2O3/c1-4-26-24(29)25(18-27(14-15-30-25)23(28)16-19(2)3)17-21-12-8-9-13-22(21)20-10-6-5-7-11-20/h5-13,19H,4,14-18H2,1-3H3,(H,26,29)/t25-/m0/s1. The SMILES string of the molecule is CCNC(=O)[C@]1(Cc2ccccc2-c2ccccc2)CN(C(=O)CC(C)C)CCO1. The Morgan fingerprint density at radius 1 is 1.10 bits per heavy atom. The monoisotopic (exact) mass is 408 g/mol. The number of benzene rings is 2. The second kappa shape index (κ2) is 9.90. The van der Waals surface area contributed by atoms with Crippen LogP contribution in [0.15, 0.2) is 54.6 Å². The minimum Gasteiger partial charge on any atom is -0.361 e. The van der Waals surface area contributed by atoms with Gasteiger partial charge in [0.15, 0.2) is 5.60 Å². The van der Waals surface area contributed by atoms with Gasteiger partial charge >= 0.3 is 0 Å². The number of nitrogens with one attached hydrogen (secondary N) is 1. The largest absolute Gasteiger partial charge is 0.361 e. The van der Waals surface area contributed by atoms with Crippen LogP contribution in [0.5, 0.6) is 0 Å². The highest BCUT2D eigenvalue weighted by atomic mass is 16.5. The van der Waals surface area contributed by atoms with Crippen LogP contribution < -0.4 is 5.32 Å². The number of hydrogen-bond donors (Lipinski definition) is 1. The van der Waals surface area contributed by atoms with Crippen molar-refractivity contribution in [3.8, 4) is 11.1 Å². The molecule has 30 heavy (non-hydrogen) atoms. The Kier molecular flexibility index (Phi) is 7.27. The number of amides is 2. The minimum absolute atomic E-state index is 0.0818. The van der Waals surface area contributed by atoms with E-state index >= 15 is 0 Å². The summed E-state index contributed by atoms with van der Waals surface area (Å²) in [5.41, 5.74) is 2.12. The first-order chi connectivity index (χ1) is 14.4. The zero-order valence-corrected chi connectivity index (χ0v) is 18.2. The quantitative estimate of drug-likeness (QED) is 0.760. The Morgan fingerprint density at radius 2 is 1.80 bits per heavy atom. The summed E-state index contributed by atoms with van der Waals surface area (Å²) in [6.45, 7) is 7.63. The Hall–Kier alpha value is -2.66. The van der Waals surface area contributed by atoms with Crippen molar-refractivity contribution in [2.24, 2.45) is 5.92 Å². The molecule has 1 atom stereocenters. The lowest BCUT2D eigenvalue weighted by molar-refractivity contribution is -0.166. The van der Waals surface area contributed by atoms with Crippen LogP contribution in [-0.2, 0) is 20.7 Å². The van der Waals surface area contributed by atoms with E-state index in [9.17, 15) is 9.59 Å². The molecule has 5 nitrogen and oxygen atoms in total. The maximum absolute atomic E-state index is 13.2. The Balaban J connectivity index is 1.94. The molecule has 1 aliphatic heterocycles. The summed E-state index contributed by atoms with van der Waals surface area (Å²) in [5.74, 6) is 0.200. The average molecular weight is 409 g/mol. The topological polar surface area (TPSA) is 58.6 Å². The number of nitrogens with zero attached hydrogens (tertiary/aromatic N) is 1. The highest BCUT2D eigenvalue weighted by Crippen LogP contribution is 2.30. The highest BCUT2D eigenvalue weighted by molar-refractivity contribution is 5.88. The van der Waals surface area contributed by atoms with Gasteiger partial charge in [-0.2, -0.15) is 0 Å². The molecule has 0 spiro atoms. The van der Waals surface area contributed by atoms with E-state index in [1.165, 1.54) is 0 Å². The van der Waals surface area contributed by atoms with Gasteiger partial charge in [0, 0.05) is 25.9 Å². The lowest BCUT2D eigenvalue weighted by Crippen LogP contribution is -2.62. The van der Waals surface area contributed by atoms with Gasteiger partial charge in [-0.25, -0.2) is 0 Å². The Labute approximate surface area is 179 Å². The average Bonchev–Trinajstić information content (AvgIpc) is 2.74. The molecule has 2 amide bonds. The van der Waals surface area contributed by atoms with E-state index < -0.39 is 5.60 Å². The molecule has 2 aromatic carbocycles. The number of hydrogen-bond acceptors (Lipinski definition) is 3. The van der Waals surface area contributed by atoms with Crippen molar-refractivity contribution < 1.29 is 14.3 Å². The molecule has 0 aliphatic carbocycles. The van der Waals surface area contributed by atoms with E-state index in [4.69, 9.17) is 4.74 Å². The van der Waals surface area contributed by atoms with Gasteiger partial charge in [0.2, 0.25) is 5.91 Å². The molecule has 1 N–H and O–H groups in total.